The van der Waals surface area contributed by atoms with Gasteiger partial charge < -0.3 is 0 Å². The number of rotatable bonds is 0. The zero-order chi connectivity index (χ0) is 13.9. The van der Waals surface area contributed by atoms with Gasteiger partial charge in [-0.3, -0.25) is 14.6 Å². The second-order valence-electron chi connectivity index (χ2n) is 4.91. The van der Waals surface area contributed by atoms with Gasteiger partial charge in [-0.15, -0.1) is 0 Å². The van der Waals surface area contributed by atoms with Gasteiger partial charge in [-0.1, -0.05) is 6.07 Å². The van der Waals surface area contributed by atoms with Crippen LogP contribution < -0.4 is 0 Å². The fraction of sp³-hybridized carbons (Fsp3) is 0.0625. The van der Waals surface area contributed by atoms with Crippen LogP contribution in [0.2, 0.25) is 0 Å². The van der Waals surface area contributed by atoms with Gasteiger partial charge in [0.2, 0.25) is 0 Å². The number of fused-ring (bicyclic) bond motifs is 3. The molecule has 0 aliphatic heterocycles. The molecule has 0 unspecified atom stereocenters. The van der Waals surface area contributed by atoms with Gasteiger partial charge in [0.1, 0.15) is 5.82 Å². The smallest absolute Gasteiger partial charge is 0.196 e. The number of halogens is 1. The zero-order valence-electron chi connectivity index (χ0n) is 10.3. The van der Waals surface area contributed by atoms with Crippen LogP contribution in [0.25, 0.3) is 5.57 Å². The topological polar surface area (TPSA) is 47.0 Å². The number of nitrogens with zero attached hydrogens (tertiary/aromatic N) is 1. The highest BCUT2D eigenvalue weighted by Crippen LogP contribution is 2.40. The monoisotopic (exact) mass is 265 g/mol. The summed E-state index contributed by atoms with van der Waals surface area (Å²) in [6.07, 6.45) is 3.28. The maximum Gasteiger partial charge on any atom is 0.196 e. The molecule has 0 saturated carbocycles. The summed E-state index contributed by atoms with van der Waals surface area (Å²) in [7, 11) is 0. The molecule has 4 heteroatoms. The van der Waals surface area contributed by atoms with E-state index in [4.69, 9.17) is 0 Å². The molecule has 0 spiro atoms. The average Bonchev–Trinajstić information content (AvgIpc) is 2.84. The van der Waals surface area contributed by atoms with E-state index >= 15 is 0 Å². The van der Waals surface area contributed by atoms with E-state index < -0.39 is 5.82 Å². The Kier molecular flexibility index (Phi) is 2.07. The van der Waals surface area contributed by atoms with Gasteiger partial charge in [0.15, 0.2) is 11.6 Å². The predicted octanol–water partition coefficient (Wildman–Crippen LogP) is 2.61. The SMILES string of the molecule is O=C1C2=C(C(=O)c3cnccc31)c1cc(F)ccc1C2. The van der Waals surface area contributed by atoms with E-state index in [1.807, 2.05) is 0 Å². The molecule has 1 aromatic carbocycles. The van der Waals surface area contributed by atoms with Crippen LogP contribution in [-0.2, 0) is 6.42 Å². The first-order chi connectivity index (χ1) is 9.66. The summed E-state index contributed by atoms with van der Waals surface area (Å²) in [4.78, 5) is 28.9. The first-order valence-electron chi connectivity index (χ1n) is 6.22. The molecule has 0 bridgehead atoms. The maximum absolute atomic E-state index is 13.4. The number of hydrogen-bond donors (Lipinski definition) is 0. The van der Waals surface area contributed by atoms with Gasteiger partial charge in [0.05, 0.1) is 5.56 Å². The third kappa shape index (κ3) is 1.30. The number of ketones is 2. The number of carbonyl (C=O) groups is 2. The number of aromatic nitrogens is 1. The fourth-order valence-electron chi connectivity index (χ4n) is 2.90. The third-order valence-electron chi connectivity index (χ3n) is 3.82. The summed E-state index contributed by atoms with van der Waals surface area (Å²) in [6, 6.07) is 5.86. The van der Waals surface area contributed by atoms with E-state index in [-0.39, 0.29) is 11.6 Å². The van der Waals surface area contributed by atoms with Gasteiger partial charge in [0.25, 0.3) is 0 Å². The number of hydrogen-bond acceptors (Lipinski definition) is 3. The van der Waals surface area contributed by atoms with Crippen molar-refractivity contribution in [1.29, 1.82) is 0 Å². The molecule has 0 amide bonds. The average molecular weight is 265 g/mol. The molecule has 0 atom stereocenters. The van der Waals surface area contributed by atoms with Crippen molar-refractivity contribution < 1.29 is 14.0 Å². The van der Waals surface area contributed by atoms with Crippen molar-refractivity contribution in [3.8, 4) is 0 Å². The first kappa shape index (κ1) is 11.2. The van der Waals surface area contributed by atoms with Gasteiger partial charge in [-0.2, -0.15) is 0 Å². The summed E-state index contributed by atoms with van der Waals surface area (Å²) in [5.41, 5.74) is 2.84. The molecule has 1 aromatic heterocycles. The number of benzene rings is 1. The summed E-state index contributed by atoms with van der Waals surface area (Å²) < 4.78 is 13.4. The van der Waals surface area contributed by atoms with Gasteiger partial charge in [-0.25, -0.2) is 4.39 Å². The van der Waals surface area contributed by atoms with Crippen LogP contribution in [0.5, 0.6) is 0 Å². The molecule has 96 valence electrons. The summed E-state index contributed by atoms with van der Waals surface area (Å²) >= 11 is 0. The minimum atomic E-state index is -0.408. The largest absolute Gasteiger partial charge is 0.289 e. The van der Waals surface area contributed by atoms with Crippen LogP contribution in [0.3, 0.4) is 0 Å². The fourth-order valence-corrected chi connectivity index (χ4v) is 2.90. The van der Waals surface area contributed by atoms with E-state index in [9.17, 15) is 14.0 Å². The molecular formula is C16H8FNO2. The van der Waals surface area contributed by atoms with Crippen molar-refractivity contribution in [3.63, 3.8) is 0 Å². The van der Waals surface area contributed by atoms with Crippen LogP contribution in [0.4, 0.5) is 4.39 Å². The minimum Gasteiger partial charge on any atom is -0.289 e. The maximum atomic E-state index is 13.4. The highest BCUT2D eigenvalue weighted by Gasteiger charge is 2.37. The van der Waals surface area contributed by atoms with Gasteiger partial charge >= 0.3 is 0 Å². The lowest BCUT2D eigenvalue weighted by atomic mass is 9.85. The molecule has 0 fully saturated rings. The number of allylic oxidation sites excluding steroid dienone is 2. The molecule has 0 radical (unpaired) electrons. The van der Waals surface area contributed by atoms with Crippen LogP contribution in [0, 0.1) is 5.82 Å². The standard InChI is InChI=1S/C16H8FNO2/c17-9-2-1-8-5-12-14(11(8)6-9)16(20)13-7-18-4-3-10(13)15(12)19/h1-4,6-7H,5H2. The lowest BCUT2D eigenvalue weighted by Gasteiger charge is -2.15. The van der Waals surface area contributed by atoms with E-state index in [2.05, 4.69) is 4.98 Å². The van der Waals surface area contributed by atoms with Crippen LogP contribution >= 0.6 is 0 Å². The molecule has 20 heavy (non-hydrogen) atoms. The molecule has 0 saturated heterocycles. The number of carbonyl (C=O) groups excluding carboxylic acids is 2. The summed E-state index contributed by atoms with van der Waals surface area (Å²) in [5, 5.41) is 0. The molecule has 4 rings (SSSR count). The highest BCUT2D eigenvalue weighted by atomic mass is 19.1. The Hall–Kier alpha value is -2.62. The van der Waals surface area contributed by atoms with Crippen molar-refractivity contribution in [3.05, 3.63) is 70.3 Å². The normalized spacial score (nSPS) is 16.1. The van der Waals surface area contributed by atoms with Crippen LogP contribution in [0.1, 0.15) is 31.8 Å². The quantitative estimate of drug-likeness (QED) is 0.735. The van der Waals surface area contributed by atoms with Gasteiger partial charge in [-0.05, 0) is 29.3 Å². The molecular weight excluding hydrogens is 257 g/mol. The number of pyridine rings is 1. The highest BCUT2D eigenvalue weighted by molar-refractivity contribution is 6.41. The van der Waals surface area contributed by atoms with E-state index in [1.54, 1.807) is 12.1 Å². The van der Waals surface area contributed by atoms with Crippen molar-refractivity contribution in [1.82, 2.24) is 4.98 Å². The van der Waals surface area contributed by atoms with Gasteiger partial charge in [0, 0.05) is 35.5 Å². The van der Waals surface area contributed by atoms with E-state index in [0.29, 0.717) is 34.3 Å². The Morgan fingerprint density at radius 3 is 2.70 bits per heavy atom. The second-order valence-corrected chi connectivity index (χ2v) is 4.91. The molecule has 0 N–H and O–H groups in total. The Morgan fingerprint density at radius 2 is 1.85 bits per heavy atom. The number of Topliss-reactive ketones (excluding diaryl/α,β-unsaturated/α-hetero) is 2. The lowest BCUT2D eigenvalue weighted by molar-refractivity contribution is 0.0991. The predicted molar refractivity (Wildman–Crippen MR) is 69.9 cm³/mol. The Labute approximate surface area is 113 Å². The lowest BCUT2D eigenvalue weighted by Crippen LogP contribution is -2.19. The first-order valence-corrected chi connectivity index (χ1v) is 6.22. The summed E-state index contributed by atoms with van der Waals surface area (Å²) in [5.74, 6) is -0.810. The van der Waals surface area contributed by atoms with Crippen molar-refractivity contribution >= 4 is 17.1 Å². The van der Waals surface area contributed by atoms with Crippen molar-refractivity contribution in [2.75, 3.05) is 0 Å². The molecule has 2 aromatic rings. The molecule has 2 aliphatic carbocycles. The molecule has 3 nitrogen and oxygen atoms in total. The van der Waals surface area contributed by atoms with Crippen molar-refractivity contribution in [2.45, 2.75) is 6.42 Å². The van der Waals surface area contributed by atoms with Crippen LogP contribution in [0.15, 0.2) is 42.2 Å². The molecule has 1 heterocycles. The second kappa shape index (κ2) is 3.70. The van der Waals surface area contributed by atoms with E-state index in [1.165, 1.54) is 24.5 Å². The Bertz CT molecular complexity index is 836. The van der Waals surface area contributed by atoms with Crippen LogP contribution in [-0.4, -0.2) is 16.6 Å². The minimum absolute atomic E-state index is 0.159. The van der Waals surface area contributed by atoms with E-state index in [0.717, 1.165) is 5.56 Å². The molecule has 2 aliphatic rings. The zero-order valence-corrected chi connectivity index (χ0v) is 10.3. The third-order valence-corrected chi connectivity index (χ3v) is 3.82. The Morgan fingerprint density at radius 1 is 1.00 bits per heavy atom. The summed E-state index contributed by atoms with van der Waals surface area (Å²) in [6.45, 7) is 0. The van der Waals surface area contributed by atoms with Crippen molar-refractivity contribution in [2.24, 2.45) is 0 Å². The Balaban J connectivity index is 2.00.